The van der Waals surface area contributed by atoms with Crippen LogP contribution in [0.5, 0.6) is 0 Å². The van der Waals surface area contributed by atoms with Crippen molar-refractivity contribution in [1.29, 1.82) is 0 Å². The second kappa shape index (κ2) is 5.87. The molecule has 1 rings (SSSR count). The predicted molar refractivity (Wildman–Crippen MR) is 75.0 cm³/mol. The molecule has 0 heterocycles. The van der Waals surface area contributed by atoms with Gasteiger partial charge in [-0.2, -0.15) is 0 Å². The maximum absolute atomic E-state index is 11.8. The molecule has 5 N–H and O–H groups in total. The molecule has 18 heavy (non-hydrogen) atoms. The van der Waals surface area contributed by atoms with Crippen molar-refractivity contribution in [3.63, 3.8) is 0 Å². The van der Waals surface area contributed by atoms with Gasteiger partial charge in [-0.15, -0.1) is 0 Å². The minimum absolute atomic E-state index is 0.0991. The van der Waals surface area contributed by atoms with Crippen molar-refractivity contribution in [1.82, 2.24) is 5.32 Å². The standard InChI is InChI=1S/C14H23N3O/c1-14(2,3)12(16)13(18)17-9-8-10-4-6-11(15)7-5-10/h4-7,12H,8-9,15-16H2,1-3H3,(H,17,18)/t12-/m1/s1. The lowest BCUT2D eigenvalue weighted by Gasteiger charge is -2.25. The van der Waals surface area contributed by atoms with Crippen LogP contribution in [-0.2, 0) is 11.2 Å². The normalized spacial score (nSPS) is 13.1. The maximum atomic E-state index is 11.8. The van der Waals surface area contributed by atoms with Crippen LogP contribution in [-0.4, -0.2) is 18.5 Å². The van der Waals surface area contributed by atoms with Gasteiger partial charge in [0.25, 0.3) is 0 Å². The number of anilines is 1. The van der Waals surface area contributed by atoms with Crippen molar-refractivity contribution in [2.45, 2.75) is 33.2 Å². The highest BCUT2D eigenvalue weighted by Gasteiger charge is 2.26. The molecule has 0 spiro atoms. The number of benzene rings is 1. The number of hydrogen-bond acceptors (Lipinski definition) is 3. The van der Waals surface area contributed by atoms with Gasteiger partial charge in [0, 0.05) is 12.2 Å². The Balaban J connectivity index is 2.38. The lowest BCUT2D eigenvalue weighted by Crippen LogP contribution is -2.48. The summed E-state index contributed by atoms with van der Waals surface area (Å²) >= 11 is 0. The summed E-state index contributed by atoms with van der Waals surface area (Å²) in [7, 11) is 0. The number of nitrogens with two attached hydrogens (primary N) is 2. The Hall–Kier alpha value is -1.55. The Labute approximate surface area is 109 Å². The van der Waals surface area contributed by atoms with Crippen molar-refractivity contribution in [3.8, 4) is 0 Å². The molecule has 0 fully saturated rings. The minimum Gasteiger partial charge on any atom is -0.399 e. The molecule has 1 aromatic rings. The summed E-state index contributed by atoms with van der Waals surface area (Å²) in [6.07, 6.45) is 0.781. The van der Waals surface area contributed by atoms with E-state index in [0.717, 1.165) is 17.7 Å². The molecule has 100 valence electrons. The number of carbonyl (C=O) groups excluding carboxylic acids is 1. The topological polar surface area (TPSA) is 81.1 Å². The van der Waals surface area contributed by atoms with E-state index < -0.39 is 6.04 Å². The lowest BCUT2D eigenvalue weighted by atomic mass is 9.87. The average molecular weight is 249 g/mol. The van der Waals surface area contributed by atoms with Gasteiger partial charge in [0.05, 0.1) is 6.04 Å². The smallest absolute Gasteiger partial charge is 0.237 e. The van der Waals surface area contributed by atoms with Gasteiger partial charge >= 0.3 is 0 Å². The van der Waals surface area contributed by atoms with Crippen LogP contribution in [0, 0.1) is 5.41 Å². The highest BCUT2D eigenvalue weighted by atomic mass is 16.2. The number of hydrogen-bond donors (Lipinski definition) is 3. The first kappa shape index (κ1) is 14.5. The first-order valence-electron chi connectivity index (χ1n) is 6.18. The summed E-state index contributed by atoms with van der Waals surface area (Å²) in [4.78, 5) is 11.8. The van der Waals surface area contributed by atoms with Gasteiger partial charge in [-0.25, -0.2) is 0 Å². The van der Waals surface area contributed by atoms with Crippen molar-refractivity contribution < 1.29 is 4.79 Å². The van der Waals surface area contributed by atoms with E-state index in [-0.39, 0.29) is 11.3 Å². The minimum atomic E-state index is -0.482. The Morgan fingerprint density at radius 2 is 1.83 bits per heavy atom. The molecule has 0 saturated heterocycles. The fraction of sp³-hybridized carbons (Fsp3) is 0.500. The van der Waals surface area contributed by atoms with E-state index in [1.54, 1.807) is 0 Å². The van der Waals surface area contributed by atoms with Gasteiger partial charge in [-0.3, -0.25) is 4.79 Å². The fourth-order valence-electron chi connectivity index (χ4n) is 1.52. The second-order valence-electron chi connectivity index (χ2n) is 5.63. The van der Waals surface area contributed by atoms with Gasteiger partial charge in [0.1, 0.15) is 0 Å². The third kappa shape index (κ3) is 4.37. The molecule has 0 aromatic heterocycles. The van der Waals surface area contributed by atoms with Crippen molar-refractivity contribution in [2.24, 2.45) is 11.1 Å². The molecule has 0 unspecified atom stereocenters. The Kier molecular flexibility index (Phi) is 4.73. The van der Waals surface area contributed by atoms with Gasteiger partial charge in [-0.05, 0) is 29.5 Å². The molecule has 0 bridgehead atoms. The Morgan fingerprint density at radius 3 is 2.33 bits per heavy atom. The predicted octanol–water partition coefficient (Wildman–Crippen LogP) is 1.30. The number of nitrogens with one attached hydrogen (secondary N) is 1. The number of carbonyl (C=O) groups is 1. The van der Waals surface area contributed by atoms with Crippen LogP contribution in [0.25, 0.3) is 0 Å². The molecule has 1 amide bonds. The zero-order valence-electron chi connectivity index (χ0n) is 11.4. The number of amides is 1. The third-order valence-electron chi connectivity index (χ3n) is 2.91. The highest BCUT2D eigenvalue weighted by Crippen LogP contribution is 2.17. The first-order valence-corrected chi connectivity index (χ1v) is 6.18. The molecular formula is C14H23N3O. The van der Waals surface area contributed by atoms with E-state index in [9.17, 15) is 4.79 Å². The quantitative estimate of drug-likeness (QED) is 0.704. The van der Waals surface area contributed by atoms with Crippen LogP contribution < -0.4 is 16.8 Å². The fourth-order valence-corrected chi connectivity index (χ4v) is 1.52. The van der Waals surface area contributed by atoms with Crippen molar-refractivity contribution in [3.05, 3.63) is 29.8 Å². The third-order valence-corrected chi connectivity index (χ3v) is 2.91. The monoisotopic (exact) mass is 249 g/mol. The van der Waals surface area contributed by atoms with Crippen LogP contribution in [0.15, 0.2) is 24.3 Å². The van der Waals surface area contributed by atoms with Crippen LogP contribution >= 0.6 is 0 Å². The SMILES string of the molecule is CC(C)(C)[C@H](N)C(=O)NCCc1ccc(N)cc1. The first-order chi connectivity index (χ1) is 8.30. The van der Waals surface area contributed by atoms with Crippen LogP contribution in [0.2, 0.25) is 0 Å². The van der Waals surface area contributed by atoms with E-state index in [2.05, 4.69) is 5.32 Å². The molecule has 0 aliphatic carbocycles. The van der Waals surface area contributed by atoms with E-state index in [1.165, 1.54) is 0 Å². The van der Waals surface area contributed by atoms with Crippen molar-refractivity contribution >= 4 is 11.6 Å². The van der Waals surface area contributed by atoms with Gasteiger partial charge in [0.2, 0.25) is 5.91 Å². The van der Waals surface area contributed by atoms with E-state index in [4.69, 9.17) is 11.5 Å². The second-order valence-corrected chi connectivity index (χ2v) is 5.63. The molecule has 0 aliphatic rings. The maximum Gasteiger partial charge on any atom is 0.237 e. The van der Waals surface area contributed by atoms with Crippen LogP contribution in [0.4, 0.5) is 5.69 Å². The van der Waals surface area contributed by atoms with E-state index in [1.807, 2.05) is 45.0 Å². The molecular weight excluding hydrogens is 226 g/mol. The molecule has 0 radical (unpaired) electrons. The Morgan fingerprint density at radius 1 is 1.28 bits per heavy atom. The molecule has 0 aliphatic heterocycles. The van der Waals surface area contributed by atoms with Crippen molar-refractivity contribution in [2.75, 3.05) is 12.3 Å². The van der Waals surface area contributed by atoms with Gasteiger partial charge in [-0.1, -0.05) is 32.9 Å². The number of nitrogen functional groups attached to an aromatic ring is 1. The number of rotatable bonds is 4. The molecule has 4 heteroatoms. The average Bonchev–Trinajstić information content (AvgIpc) is 2.29. The van der Waals surface area contributed by atoms with Gasteiger partial charge < -0.3 is 16.8 Å². The molecule has 0 saturated carbocycles. The summed E-state index contributed by atoms with van der Waals surface area (Å²) in [5, 5.41) is 2.86. The molecule has 1 atom stereocenters. The largest absolute Gasteiger partial charge is 0.399 e. The summed E-state index contributed by atoms with van der Waals surface area (Å²) < 4.78 is 0. The molecule has 4 nitrogen and oxygen atoms in total. The summed E-state index contributed by atoms with van der Waals surface area (Å²) in [6.45, 7) is 6.46. The molecule has 1 aromatic carbocycles. The van der Waals surface area contributed by atoms with Crippen LogP contribution in [0.1, 0.15) is 26.3 Å². The van der Waals surface area contributed by atoms with E-state index in [0.29, 0.717) is 6.54 Å². The highest BCUT2D eigenvalue weighted by molar-refractivity contribution is 5.82. The lowest BCUT2D eigenvalue weighted by molar-refractivity contribution is -0.124. The zero-order valence-corrected chi connectivity index (χ0v) is 11.4. The van der Waals surface area contributed by atoms with Gasteiger partial charge in [0.15, 0.2) is 0 Å². The summed E-state index contributed by atoms with van der Waals surface area (Å²) in [5.74, 6) is -0.0991. The summed E-state index contributed by atoms with van der Waals surface area (Å²) in [5.41, 5.74) is 13.1. The Bertz CT molecular complexity index is 392. The summed E-state index contributed by atoms with van der Waals surface area (Å²) in [6, 6.07) is 7.16. The van der Waals surface area contributed by atoms with Crippen LogP contribution in [0.3, 0.4) is 0 Å². The zero-order chi connectivity index (χ0) is 13.8. The van der Waals surface area contributed by atoms with E-state index >= 15 is 0 Å².